The molecular formula is C16H27N3O2. The molecule has 0 aromatic heterocycles. The maximum atomic E-state index is 12.6. The summed E-state index contributed by atoms with van der Waals surface area (Å²) in [7, 11) is 1.98. The van der Waals surface area contributed by atoms with Crippen LogP contribution < -0.4 is 5.32 Å². The topological polar surface area (TPSA) is 52.7 Å². The summed E-state index contributed by atoms with van der Waals surface area (Å²) in [4.78, 5) is 28.4. The molecule has 5 heteroatoms. The lowest BCUT2D eigenvalue weighted by atomic mass is 9.83. The van der Waals surface area contributed by atoms with E-state index in [2.05, 4.69) is 5.32 Å². The van der Waals surface area contributed by atoms with E-state index in [0.717, 1.165) is 19.4 Å². The van der Waals surface area contributed by atoms with E-state index in [-0.39, 0.29) is 24.4 Å². The van der Waals surface area contributed by atoms with Gasteiger partial charge in [-0.15, -0.1) is 0 Å². The van der Waals surface area contributed by atoms with Gasteiger partial charge >= 0.3 is 0 Å². The predicted octanol–water partition coefficient (Wildman–Crippen LogP) is 0.988. The van der Waals surface area contributed by atoms with Gasteiger partial charge in [0.1, 0.15) is 6.04 Å². The highest BCUT2D eigenvalue weighted by molar-refractivity contribution is 5.95. The molecule has 3 fully saturated rings. The summed E-state index contributed by atoms with van der Waals surface area (Å²) in [6, 6.07) is 0.158. The molecule has 0 bridgehead atoms. The minimum Gasteiger partial charge on any atom is -0.330 e. The fourth-order valence-corrected chi connectivity index (χ4v) is 4.27. The van der Waals surface area contributed by atoms with Gasteiger partial charge in [0.15, 0.2) is 0 Å². The molecule has 0 radical (unpaired) electrons. The van der Waals surface area contributed by atoms with Crippen molar-refractivity contribution in [2.24, 2.45) is 5.92 Å². The summed E-state index contributed by atoms with van der Waals surface area (Å²) >= 11 is 0. The van der Waals surface area contributed by atoms with Crippen LogP contribution in [-0.2, 0) is 9.59 Å². The first-order valence-electron chi connectivity index (χ1n) is 8.46. The molecule has 21 heavy (non-hydrogen) atoms. The van der Waals surface area contributed by atoms with Crippen molar-refractivity contribution in [3.8, 4) is 0 Å². The van der Waals surface area contributed by atoms with Gasteiger partial charge in [-0.3, -0.25) is 9.59 Å². The maximum absolute atomic E-state index is 12.6. The van der Waals surface area contributed by atoms with Gasteiger partial charge in [-0.2, -0.15) is 0 Å². The highest BCUT2D eigenvalue weighted by Gasteiger charge is 2.42. The zero-order valence-corrected chi connectivity index (χ0v) is 13.0. The number of nitrogens with one attached hydrogen (secondary N) is 1. The molecule has 3 rings (SSSR count). The van der Waals surface area contributed by atoms with Crippen molar-refractivity contribution in [1.29, 1.82) is 0 Å². The fraction of sp³-hybridized carbons (Fsp3) is 0.875. The van der Waals surface area contributed by atoms with Crippen LogP contribution in [-0.4, -0.2) is 60.4 Å². The van der Waals surface area contributed by atoms with E-state index in [1.54, 1.807) is 4.90 Å². The lowest BCUT2D eigenvalue weighted by Gasteiger charge is -2.40. The van der Waals surface area contributed by atoms with Crippen molar-refractivity contribution in [3.05, 3.63) is 0 Å². The smallest absolute Gasteiger partial charge is 0.245 e. The average Bonchev–Trinajstić information content (AvgIpc) is 3.00. The Balaban J connectivity index is 1.65. The quantitative estimate of drug-likeness (QED) is 0.841. The third-order valence-electron chi connectivity index (χ3n) is 5.50. The summed E-state index contributed by atoms with van der Waals surface area (Å²) in [5, 5.41) is 3.40. The van der Waals surface area contributed by atoms with E-state index in [4.69, 9.17) is 0 Å². The molecule has 3 aliphatic rings. The molecule has 1 saturated carbocycles. The van der Waals surface area contributed by atoms with Crippen LogP contribution in [0.25, 0.3) is 0 Å². The number of carbonyl (C=O) groups excluding carboxylic acids is 2. The zero-order chi connectivity index (χ0) is 14.8. The van der Waals surface area contributed by atoms with E-state index in [9.17, 15) is 9.59 Å². The SMILES string of the molecule is CNC(CN1CC(=O)N2CCCC2C1=O)C1CCCCC1. The Hall–Kier alpha value is -1.10. The molecule has 2 atom stereocenters. The van der Waals surface area contributed by atoms with Crippen LogP contribution in [0.2, 0.25) is 0 Å². The Morgan fingerprint density at radius 1 is 1.14 bits per heavy atom. The normalized spacial score (nSPS) is 28.9. The Kier molecular flexibility index (Phi) is 4.48. The lowest BCUT2D eigenvalue weighted by molar-refractivity contribution is -0.154. The van der Waals surface area contributed by atoms with Crippen molar-refractivity contribution >= 4 is 11.8 Å². The van der Waals surface area contributed by atoms with Gasteiger partial charge < -0.3 is 15.1 Å². The number of fused-ring (bicyclic) bond motifs is 1. The Morgan fingerprint density at radius 3 is 2.62 bits per heavy atom. The minimum absolute atomic E-state index is 0.135. The zero-order valence-electron chi connectivity index (χ0n) is 13.0. The monoisotopic (exact) mass is 293 g/mol. The van der Waals surface area contributed by atoms with Crippen LogP contribution in [0.5, 0.6) is 0 Å². The molecule has 118 valence electrons. The van der Waals surface area contributed by atoms with Crippen molar-refractivity contribution in [2.75, 3.05) is 26.7 Å². The van der Waals surface area contributed by atoms with E-state index in [0.29, 0.717) is 18.5 Å². The Morgan fingerprint density at radius 2 is 1.90 bits per heavy atom. The second kappa shape index (κ2) is 6.34. The van der Waals surface area contributed by atoms with Crippen molar-refractivity contribution < 1.29 is 9.59 Å². The first-order chi connectivity index (χ1) is 10.2. The number of likely N-dealkylation sites (N-methyl/N-ethyl adjacent to an activating group) is 1. The molecule has 2 saturated heterocycles. The number of hydrogen-bond acceptors (Lipinski definition) is 3. The van der Waals surface area contributed by atoms with Crippen LogP contribution in [0, 0.1) is 5.92 Å². The van der Waals surface area contributed by atoms with Crippen molar-refractivity contribution in [2.45, 2.75) is 57.0 Å². The molecule has 0 aromatic rings. The Bertz CT molecular complexity index is 406. The largest absolute Gasteiger partial charge is 0.330 e. The summed E-state index contributed by atoms with van der Waals surface area (Å²) in [6.07, 6.45) is 8.24. The first-order valence-corrected chi connectivity index (χ1v) is 8.46. The lowest BCUT2D eigenvalue weighted by Crippen LogP contribution is -2.60. The molecule has 2 amide bonds. The van der Waals surface area contributed by atoms with E-state index in [1.807, 2.05) is 11.9 Å². The van der Waals surface area contributed by atoms with Gasteiger partial charge in [0, 0.05) is 19.1 Å². The highest BCUT2D eigenvalue weighted by atomic mass is 16.2. The molecule has 1 N–H and O–H groups in total. The summed E-state index contributed by atoms with van der Waals surface area (Å²) in [5.41, 5.74) is 0. The molecular weight excluding hydrogens is 266 g/mol. The van der Waals surface area contributed by atoms with Gasteiger partial charge in [0.05, 0.1) is 6.54 Å². The van der Waals surface area contributed by atoms with Gasteiger partial charge in [0.25, 0.3) is 0 Å². The molecule has 0 aromatic carbocycles. The standard InChI is InChI=1S/C16H27N3O2/c1-17-13(12-6-3-2-4-7-12)10-18-11-15(20)19-9-5-8-14(19)16(18)21/h12-14,17H,2-11H2,1H3. The third-order valence-corrected chi connectivity index (χ3v) is 5.50. The van der Waals surface area contributed by atoms with E-state index >= 15 is 0 Å². The Labute approximate surface area is 127 Å². The highest BCUT2D eigenvalue weighted by Crippen LogP contribution is 2.28. The molecule has 0 spiro atoms. The molecule has 5 nitrogen and oxygen atoms in total. The van der Waals surface area contributed by atoms with E-state index < -0.39 is 0 Å². The second-order valence-electron chi connectivity index (χ2n) is 6.76. The van der Waals surface area contributed by atoms with E-state index in [1.165, 1.54) is 32.1 Å². The average molecular weight is 293 g/mol. The predicted molar refractivity (Wildman–Crippen MR) is 80.7 cm³/mol. The second-order valence-corrected chi connectivity index (χ2v) is 6.76. The summed E-state index contributed by atoms with van der Waals surface area (Å²) in [6.45, 7) is 1.73. The molecule has 2 aliphatic heterocycles. The number of carbonyl (C=O) groups is 2. The molecule has 2 heterocycles. The third kappa shape index (κ3) is 2.93. The van der Waals surface area contributed by atoms with Crippen LogP contribution in [0.15, 0.2) is 0 Å². The van der Waals surface area contributed by atoms with Gasteiger partial charge in [0.2, 0.25) is 11.8 Å². The summed E-state index contributed by atoms with van der Waals surface area (Å²) in [5.74, 6) is 0.951. The molecule has 2 unspecified atom stereocenters. The number of rotatable bonds is 4. The number of hydrogen-bond donors (Lipinski definition) is 1. The van der Waals surface area contributed by atoms with Crippen LogP contribution in [0.3, 0.4) is 0 Å². The summed E-state index contributed by atoms with van der Waals surface area (Å²) < 4.78 is 0. The fourth-order valence-electron chi connectivity index (χ4n) is 4.27. The van der Waals surface area contributed by atoms with Gasteiger partial charge in [-0.05, 0) is 38.6 Å². The number of nitrogens with zero attached hydrogens (tertiary/aromatic N) is 2. The van der Waals surface area contributed by atoms with Crippen molar-refractivity contribution in [3.63, 3.8) is 0 Å². The minimum atomic E-state index is -0.171. The maximum Gasteiger partial charge on any atom is 0.245 e. The first kappa shape index (κ1) is 14.8. The van der Waals surface area contributed by atoms with Crippen LogP contribution in [0.1, 0.15) is 44.9 Å². The number of piperazine rings is 1. The number of amides is 2. The van der Waals surface area contributed by atoms with Gasteiger partial charge in [-0.25, -0.2) is 0 Å². The van der Waals surface area contributed by atoms with Crippen LogP contribution >= 0.6 is 0 Å². The van der Waals surface area contributed by atoms with Crippen LogP contribution in [0.4, 0.5) is 0 Å². The molecule has 1 aliphatic carbocycles. The van der Waals surface area contributed by atoms with Crippen molar-refractivity contribution in [1.82, 2.24) is 15.1 Å². The van der Waals surface area contributed by atoms with Gasteiger partial charge in [-0.1, -0.05) is 19.3 Å².